The van der Waals surface area contributed by atoms with E-state index in [0.29, 0.717) is 6.42 Å². The highest BCUT2D eigenvalue weighted by Crippen LogP contribution is 2.51. The molecule has 2 N–H and O–H groups in total. The van der Waals surface area contributed by atoms with Crippen molar-refractivity contribution in [2.75, 3.05) is 0 Å². The van der Waals surface area contributed by atoms with Crippen LogP contribution in [0.4, 0.5) is 13.2 Å². The van der Waals surface area contributed by atoms with Crippen molar-refractivity contribution in [3.05, 3.63) is 0 Å². The third kappa shape index (κ3) is 3.90. The van der Waals surface area contributed by atoms with Crippen LogP contribution in [0.15, 0.2) is 0 Å². The molecule has 0 heterocycles. The molecule has 0 saturated heterocycles. The molecule has 1 unspecified atom stereocenters. The highest BCUT2D eigenvalue weighted by molar-refractivity contribution is 5.87. The van der Waals surface area contributed by atoms with Gasteiger partial charge in [-0.3, -0.25) is 4.79 Å². The Kier molecular flexibility index (Phi) is 3.40. The summed E-state index contributed by atoms with van der Waals surface area (Å²) in [6, 6.07) is -1.90. The normalized spacial score (nSPS) is 23.9. The average molecular weight is 253 g/mol. The Bertz CT molecular complexity index is 338. The van der Waals surface area contributed by atoms with Gasteiger partial charge in [-0.05, 0) is 11.8 Å². The SMILES string of the molecule is CC1(C)C[C@@H]1C(=O)NC(CC(F)(F)F)C(=O)O. The maximum Gasteiger partial charge on any atom is 0.391 e. The van der Waals surface area contributed by atoms with Gasteiger partial charge in [0.05, 0.1) is 6.42 Å². The number of carbonyl (C=O) groups excluding carboxylic acids is 1. The lowest BCUT2D eigenvalue weighted by Crippen LogP contribution is -2.44. The van der Waals surface area contributed by atoms with Crippen LogP contribution in [-0.2, 0) is 9.59 Å². The zero-order valence-electron chi connectivity index (χ0n) is 9.47. The second-order valence-electron chi connectivity index (χ2n) is 4.96. The molecule has 1 rings (SSSR count). The molecular weight excluding hydrogens is 239 g/mol. The molecule has 17 heavy (non-hydrogen) atoms. The fourth-order valence-corrected chi connectivity index (χ4v) is 1.62. The fraction of sp³-hybridized carbons (Fsp3) is 0.800. The number of carbonyl (C=O) groups is 2. The number of carboxylic acid groups (broad SMARTS) is 1. The van der Waals surface area contributed by atoms with Crippen molar-refractivity contribution in [3.8, 4) is 0 Å². The van der Waals surface area contributed by atoms with E-state index >= 15 is 0 Å². The molecule has 0 spiro atoms. The van der Waals surface area contributed by atoms with E-state index in [4.69, 9.17) is 5.11 Å². The first-order chi connectivity index (χ1) is 7.53. The van der Waals surface area contributed by atoms with Crippen molar-refractivity contribution < 1.29 is 27.9 Å². The van der Waals surface area contributed by atoms with Gasteiger partial charge >= 0.3 is 12.1 Å². The molecule has 2 atom stereocenters. The summed E-state index contributed by atoms with van der Waals surface area (Å²) < 4.78 is 36.2. The van der Waals surface area contributed by atoms with Crippen LogP contribution in [0.2, 0.25) is 0 Å². The van der Waals surface area contributed by atoms with Crippen molar-refractivity contribution in [1.82, 2.24) is 5.32 Å². The number of rotatable bonds is 4. The summed E-state index contributed by atoms with van der Waals surface area (Å²) >= 11 is 0. The van der Waals surface area contributed by atoms with Gasteiger partial charge in [-0.15, -0.1) is 0 Å². The van der Waals surface area contributed by atoms with E-state index < -0.39 is 36.4 Å². The van der Waals surface area contributed by atoms with Gasteiger partial charge in [-0.2, -0.15) is 13.2 Å². The molecule has 0 aromatic rings. The van der Waals surface area contributed by atoms with Crippen molar-refractivity contribution >= 4 is 11.9 Å². The minimum Gasteiger partial charge on any atom is -0.480 e. The lowest BCUT2D eigenvalue weighted by Gasteiger charge is -2.16. The van der Waals surface area contributed by atoms with E-state index in [2.05, 4.69) is 0 Å². The van der Waals surface area contributed by atoms with Crippen LogP contribution in [-0.4, -0.2) is 29.2 Å². The molecule has 1 aliphatic carbocycles. The van der Waals surface area contributed by atoms with Gasteiger partial charge in [0.25, 0.3) is 0 Å². The standard InChI is InChI=1S/C10H14F3NO3/c1-9(2)3-5(9)7(15)14-6(8(16)17)4-10(11,12)13/h5-6H,3-4H2,1-2H3,(H,14,15)(H,16,17)/t5-,6?/m1/s1. The maximum absolute atomic E-state index is 12.1. The third-order valence-electron chi connectivity index (χ3n) is 2.88. The zero-order chi connectivity index (χ0) is 13.4. The Morgan fingerprint density at radius 2 is 1.94 bits per heavy atom. The summed E-state index contributed by atoms with van der Waals surface area (Å²) in [5, 5.41) is 10.5. The van der Waals surface area contributed by atoms with Gasteiger partial charge < -0.3 is 10.4 Å². The van der Waals surface area contributed by atoms with E-state index in [1.54, 1.807) is 13.8 Å². The van der Waals surface area contributed by atoms with Crippen LogP contribution in [0, 0.1) is 11.3 Å². The quantitative estimate of drug-likeness (QED) is 0.798. The predicted molar refractivity (Wildman–Crippen MR) is 52.1 cm³/mol. The highest BCUT2D eigenvalue weighted by Gasteiger charge is 2.51. The van der Waals surface area contributed by atoms with Gasteiger partial charge in [-0.25, -0.2) is 4.79 Å². The average Bonchev–Trinajstić information content (AvgIpc) is 2.71. The highest BCUT2D eigenvalue weighted by atomic mass is 19.4. The Morgan fingerprint density at radius 1 is 1.47 bits per heavy atom. The third-order valence-corrected chi connectivity index (χ3v) is 2.88. The summed E-state index contributed by atoms with van der Waals surface area (Å²) in [5.74, 6) is -2.68. The number of alkyl halides is 3. The van der Waals surface area contributed by atoms with Crippen LogP contribution >= 0.6 is 0 Å². The molecule has 98 valence electrons. The van der Waals surface area contributed by atoms with E-state index in [1.807, 2.05) is 5.32 Å². The Morgan fingerprint density at radius 3 is 2.24 bits per heavy atom. The van der Waals surface area contributed by atoms with Gasteiger partial charge in [-0.1, -0.05) is 13.8 Å². The van der Waals surface area contributed by atoms with Gasteiger partial charge in [0, 0.05) is 5.92 Å². The largest absolute Gasteiger partial charge is 0.480 e. The maximum atomic E-state index is 12.1. The Balaban J connectivity index is 2.56. The lowest BCUT2D eigenvalue weighted by molar-refractivity contribution is -0.160. The molecule has 1 fully saturated rings. The summed E-state index contributed by atoms with van der Waals surface area (Å²) in [5.41, 5.74) is -0.245. The molecule has 0 aromatic heterocycles. The number of aliphatic carboxylic acids is 1. The Hall–Kier alpha value is -1.27. The summed E-state index contributed by atoms with van der Waals surface area (Å²) in [4.78, 5) is 22.1. The van der Waals surface area contributed by atoms with Crippen LogP contribution < -0.4 is 5.32 Å². The monoisotopic (exact) mass is 253 g/mol. The second kappa shape index (κ2) is 4.19. The van der Waals surface area contributed by atoms with E-state index in [1.165, 1.54) is 0 Å². The molecule has 1 amide bonds. The van der Waals surface area contributed by atoms with E-state index in [9.17, 15) is 22.8 Å². The van der Waals surface area contributed by atoms with Crippen LogP contribution in [0.1, 0.15) is 26.7 Å². The molecule has 1 aliphatic rings. The van der Waals surface area contributed by atoms with Crippen LogP contribution in [0.25, 0.3) is 0 Å². The van der Waals surface area contributed by atoms with Crippen molar-refractivity contribution in [2.24, 2.45) is 11.3 Å². The molecule has 1 saturated carbocycles. The molecule has 7 heteroatoms. The van der Waals surface area contributed by atoms with Gasteiger partial charge in [0.1, 0.15) is 6.04 Å². The first-order valence-corrected chi connectivity index (χ1v) is 5.13. The molecule has 0 aromatic carbocycles. The predicted octanol–water partition coefficient (Wildman–Crippen LogP) is 1.55. The summed E-state index contributed by atoms with van der Waals surface area (Å²) in [7, 11) is 0. The van der Waals surface area contributed by atoms with Crippen LogP contribution in [0.5, 0.6) is 0 Å². The van der Waals surface area contributed by atoms with Gasteiger partial charge in [0.2, 0.25) is 5.91 Å². The number of carboxylic acids is 1. The molecule has 0 bridgehead atoms. The fourth-order valence-electron chi connectivity index (χ4n) is 1.62. The summed E-state index contributed by atoms with van der Waals surface area (Å²) in [6.45, 7) is 3.60. The molecule has 0 aliphatic heterocycles. The number of halogens is 3. The number of amides is 1. The van der Waals surface area contributed by atoms with Crippen molar-refractivity contribution in [1.29, 1.82) is 0 Å². The second-order valence-corrected chi connectivity index (χ2v) is 4.96. The van der Waals surface area contributed by atoms with Crippen molar-refractivity contribution in [2.45, 2.75) is 38.9 Å². The van der Waals surface area contributed by atoms with E-state index in [-0.39, 0.29) is 5.41 Å². The first-order valence-electron chi connectivity index (χ1n) is 5.13. The molecule has 4 nitrogen and oxygen atoms in total. The number of hydrogen-bond donors (Lipinski definition) is 2. The minimum atomic E-state index is -4.62. The zero-order valence-corrected chi connectivity index (χ0v) is 9.47. The smallest absolute Gasteiger partial charge is 0.391 e. The van der Waals surface area contributed by atoms with E-state index in [0.717, 1.165) is 0 Å². The number of nitrogens with one attached hydrogen (secondary N) is 1. The first kappa shape index (κ1) is 13.8. The summed E-state index contributed by atoms with van der Waals surface area (Å²) in [6.07, 6.45) is -5.60. The van der Waals surface area contributed by atoms with Crippen LogP contribution in [0.3, 0.4) is 0 Å². The molecular formula is C10H14F3NO3. The minimum absolute atomic E-state index is 0.245. The Labute approximate surface area is 96.2 Å². The molecule has 0 radical (unpaired) electrons. The number of hydrogen-bond acceptors (Lipinski definition) is 2. The van der Waals surface area contributed by atoms with Crippen molar-refractivity contribution in [3.63, 3.8) is 0 Å². The van der Waals surface area contributed by atoms with Gasteiger partial charge in [0.15, 0.2) is 0 Å². The topological polar surface area (TPSA) is 66.4 Å². The lowest BCUT2D eigenvalue weighted by atomic mass is 10.1.